The number of methoxy groups -OCH3 is 1. The second kappa shape index (κ2) is 13.0. The molecule has 0 unspecified atom stereocenters. The van der Waals surface area contributed by atoms with Crippen molar-refractivity contribution in [3.05, 3.63) is 155 Å². The van der Waals surface area contributed by atoms with Crippen molar-refractivity contribution in [3.63, 3.8) is 0 Å². The Morgan fingerprint density at radius 2 is 0.694 bits per heavy atom. The maximum absolute atomic E-state index is 13.3. The fourth-order valence-corrected chi connectivity index (χ4v) is 5.68. The molecule has 0 radical (unpaired) electrons. The summed E-state index contributed by atoms with van der Waals surface area (Å²) < 4.78 is 22.5. The lowest BCUT2D eigenvalue weighted by atomic mass is 10.0. The second-order valence-corrected chi connectivity index (χ2v) is 11.9. The summed E-state index contributed by atoms with van der Waals surface area (Å²) in [6.07, 6.45) is 0. The Morgan fingerprint density at radius 3 is 1.08 bits per heavy atom. The van der Waals surface area contributed by atoms with Gasteiger partial charge in [-0.1, -0.05) is 71.8 Å². The summed E-state index contributed by atoms with van der Waals surface area (Å²) in [5.74, 6) is -1.11. The van der Waals surface area contributed by atoms with E-state index in [0.717, 1.165) is 43.4 Å². The van der Waals surface area contributed by atoms with Crippen LogP contribution in [-0.4, -0.2) is 25.0 Å². The number of aryl methyl sites for hydroxylation is 2. The van der Waals surface area contributed by atoms with E-state index in [2.05, 4.69) is 0 Å². The van der Waals surface area contributed by atoms with E-state index in [4.69, 9.17) is 18.9 Å². The van der Waals surface area contributed by atoms with Crippen LogP contribution in [0.15, 0.2) is 127 Å². The zero-order chi connectivity index (χ0) is 34.1. The van der Waals surface area contributed by atoms with E-state index in [9.17, 15) is 14.4 Å². The lowest BCUT2D eigenvalue weighted by Crippen LogP contribution is -2.12. The summed E-state index contributed by atoms with van der Waals surface area (Å²) in [4.78, 5) is 39.9. The van der Waals surface area contributed by atoms with Gasteiger partial charge in [0.15, 0.2) is 0 Å². The van der Waals surface area contributed by atoms with E-state index in [-0.39, 0.29) is 17.2 Å². The van der Waals surface area contributed by atoms with Gasteiger partial charge in [-0.05, 0) is 94.7 Å². The highest BCUT2D eigenvalue weighted by molar-refractivity contribution is 5.99. The van der Waals surface area contributed by atoms with Gasteiger partial charge in [-0.3, -0.25) is 0 Å². The van der Waals surface area contributed by atoms with Gasteiger partial charge in [0.1, 0.15) is 23.0 Å². The van der Waals surface area contributed by atoms with Crippen LogP contribution in [0.4, 0.5) is 0 Å². The highest BCUT2D eigenvalue weighted by Crippen LogP contribution is 2.31. The quantitative estimate of drug-likeness (QED) is 0.126. The molecule has 0 aliphatic heterocycles. The SMILES string of the molecule is COc1ccc2cc(C(=O)Oc3cc(OC(=O)c4ccc5cc(C)ccc5c4)cc(OC(=O)c4ccc5cc(C)ccc5c4)c3)ccc2c1. The van der Waals surface area contributed by atoms with E-state index in [1.54, 1.807) is 49.6 Å². The van der Waals surface area contributed by atoms with Crippen molar-refractivity contribution >= 4 is 50.2 Å². The summed E-state index contributed by atoms with van der Waals surface area (Å²) in [6.45, 7) is 4.01. The molecular formula is C42H30O7. The molecule has 0 spiro atoms. The Balaban J connectivity index is 1.18. The average Bonchev–Trinajstić information content (AvgIpc) is 3.10. The number of rotatable bonds is 7. The predicted molar refractivity (Wildman–Crippen MR) is 189 cm³/mol. The van der Waals surface area contributed by atoms with Gasteiger partial charge >= 0.3 is 17.9 Å². The molecule has 7 aromatic carbocycles. The monoisotopic (exact) mass is 646 g/mol. The first-order chi connectivity index (χ1) is 23.7. The second-order valence-electron chi connectivity index (χ2n) is 11.9. The summed E-state index contributed by atoms with van der Waals surface area (Å²) in [5, 5.41) is 5.48. The molecule has 49 heavy (non-hydrogen) atoms. The molecule has 240 valence electrons. The Kier molecular flexibility index (Phi) is 8.24. The molecule has 7 heteroatoms. The van der Waals surface area contributed by atoms with Gasteiger partial charge in [-0.15, -0.1) is 0 Å². The molecule has 7 rings (SSSR count). The third kappa shape index (κ3) is 6.82. The number of fused-ring (bicyclic) bond motifs is 3. The van der Waals surface area contributed by atoms with Gasteiger partial charge in [-0.2, -0.15) is 0 Å². The van der Waals surface area contributed by atoms with Crippen molar-refractivity contribution < 1.29 is 33.3 Å². The molecule has 0 bridgehead atoms. The topological polar surface area (TPSA) is 88.1 Å². The van der Waals surface area contributed by atoms with Gasteiger partial charge in [-0.25, -0.2) is 14.4 Å². The number of hydrogen-bond donors (Lipinski definition) is 0. The zero-order valence-corrected chi connectivity index (χ0v) is 27.0. The van der Waals surface area contributed by atoms with E-state index in [1.807, 2.05) is 80.6 Å². The third-order valence-corrected chi connectivity index (χ3v) is 8.23. The molecule has 0 aliphatic carbocycles. The van der Waals surface area contributed by atoms with E-state index < -0.39 is 17.9 Å². The van der Waals surface area contributed by atoms with Crippen molar-refractivity contribution in [1.29, 1.82) is 0 Å². The molecule has 0 fully saturated rings. The third-order valence-electron chi connectivity index (χ3n) is 8.23. The van der Waals surface area contributed by atoms with Gasteiger partial charge in [0, 0.05) is 18.2 Å². The van der Waals surface area contributed by atoms with Crippen LogP contribution < -0.4 is 18.9 Å². The first kappa shape index (κ1) is 31.1. The molecule has 0 aliphatic rings. The molecule has 0 atom stereocenters. The molecular weight excluding hydrogens is 616 g/mol. The van der Waals surface area contributed by atoms with Gasteiger partial charge < -0.3 is 18.9 Å². The number of esters is 3. The maximum atomic E-state index is 13.3. The van der Waals surface area contributed by atoms with Crippen LogP contribution >= 0.6 is 0 Å². The molecule has 0 saturated heterocycles. The van der Waals surface area contributed by atoms with Crippen LogP contribution in [0.2, 0.25) is 0 Å². The predicted octanol–water partition coefficient (Wildman–Crippen LogP) is 9.43. The minimum absolute atomic E-state index is 0.0240. The zero-order valence-electron chi connectivity index (χ0n) is 27.0. The minimum Gasteiger partial charge on any atom is -0.497 e. The van der Waals surface area contributed by atoms with Gasteiger partial charge in [0.25, 0.3) is 0 Å². The van der Waals surface area contributed by atoms with Crippen LogP contribution in [0.3, 0.4) is 0 Å². The largest absolute Gasteiger partial charge is 0.497 e. The normalized spacial score (nSPS) is 11.0. The molecule has 0 amide bonds. The Labute approximate surface area is 282 Å². The molecule has 0 saturated carbocycles. The highest BCUT2D eigenvalue weighted by atomic mass is 16.6. The number of benzene rings is 7. The van der Waals surface area contributed by atoms with Crippen molar-refractivity contribution in [2.45, 2.75) is 13.8 Å². The van der Waals surface area contributed by atoms with Crippen LogP contribution in [0.1, 0.15) is 42.2 Å². The number of carbonyl (C=O) groups excluding carboxylic acids is 3. The Bertz CT molecular complexity index is 2330. The van der Waals surface area contributed by atoms with Crippen molar-refractivity contribution in [2.24, 2.45) is 0 Å². The molecule has 7 aromatic rings. The number of hydrogen-bond acceptors (Lipinski definition) is 7. The summed E-state index contributed by atoms with van der Waals surface area (Å²) in [7, 11) is 1.59. The van der Waals surface area contributed by atoms with Crippen molar-refractivity contribution in [3.8, 4) is 23.0 Å². The van der Waals surface area contributed by atoms with Crippen LogP contribution in [-0.2, 0) is 0 Å². The lowest BCUT2D eigenvalue weighted by Gasteiger charge is -2.12. The summed E-state index contributed by atoms with van der Waals surface area (Å²) in [5.41, 5.74) is 3.18. The number of ether oxygens (including phenoxy) is 4. The first-order valence-electron chi connectivity index (χ1n) is 15.6. The standard InChI is InChI=1S/C42H30O7/c1-25-4-6-29-18-33(11-8-27(29)16-25)40(43)47-37-22-38(48-41(44)34-12-9-28-17-26(2)5-7-30(28)19-34)24-39(23-37)49-42(45)35-13-10-32-21-36(46-3)15-14-31(32)20-35/h4-24H,1-3H3. The van der Waals surface area contributed by atoms with Crippen molar-refractivity contribution in [1.82, 2.24) is 0 Å². The maximum Gasteiger partial charge on any atom is 0.343 e. The number of carbonyl (C=O) groups is 3. The lowest BCUT2D eigenvalue weighted by molar-refractivity contribution is 0.0730. The fourth-order valence-electron chi connectivity index (χ4n) is 5.68. The van der Waals surface area contributed by atoms with Gasteiger partial charge in [0.05, 0.1) is 23.8 Å². The van der Waals surface area contributed by atoms with Crippen molar-refractivity contribution in [2.75, 3.05) is 7.11 Å². The summed E-state index contributed by atoms with van der Waals surface area (Å²) in [6, 6.07) is 37.4. The Morgan fingerprint density at radius 1 is 0.367 bits per heavy atom. The Hall–Kier alpha value is -6.47. The fraction of sp³-hybridized carbons (Fsp3) is 0.0714. The van der Waals surface area contributed by atoms with Crippen LogP contribution in [0.5, 0.6) is 23.0 Å². The first-order valence-corrected chi connectivity index (χ1v) is 15.6. The van der Waals surface area contributed by atoms with E-state index in [1.165, 1.54) is 18.2 Å². The highest BCUT2D eigenvalue weighted by Gasteiger charge is 2.18. The van der Waals surface area contributed by atoms with Gasteiger partial charge in [0.2, 0.25) is 0 Å². The molecule has 0 aromatic heterocycles. The average molecular weight is 647 g/mol. The van der Waals surface area contributed by atoms with Crippen LogP contribution in [0.25, 0.3) is 32.3 Å². The molecule has 7 nitrogen and oxygen atoms in total. The smallest absolute Gasteiger partial charge is 0.343 e. The van der Waals surface area contributed by atoms with Crippen LogP contribution in [0, 0.1) is 13.8 Å². The molecule has 0 heterocycles. The minimum atomic E-state index is -0.645. The van der Waals surface area contributed by atoms with E-state index in [0.29, 0.717) is 22.4 Å². The molecule has 0 N–H and O–H groups in total. The summed E-state index contributed by atoms with van der Waals surface area (Å²) >= 11 is 0. The van der Waals surface area contributed by atoms with E-state index >= 15 is 0 Å².